The Bertz CT molecular complexity index is 3270. The summed E-state index contributed by atoms with van der Waals surface area (Å²) >= 11 is 6.65. The predicted octanol–water partition coefficient (Wildman–Crippen LogP) is 11.7. The normalized spacial score (nSPS) is 12.2. The third kappa shape index (κ3) is 4.65. The molecule has 11 aromatic rings. The third-order valence-electron chi connectivity index (χ3n) is 11.0. The number of aromatic nitrogens is 2. The van der Waals surface area contributed by atoms with Crippen LogP contribution < -0.4 is 15.9 Å². The van der Waals surface area contributed by atoms with Crippen molar-refractivity contribution in [2.24, 2.45) is 0 Å². The van der Waals surface area contributed by atoms with Crippen molar-refractivity contribution in [3.8, 4) is 11.1 Å². The van der Waals surface area contributed by atoms with Crippen molar-refractivity contribution in [2.45, 2.75) is 0 Å². The van der Waals surface area contributed by atoms with Gasteiger partial charge in [-0.1, -0.05) is 157 Å². The summed E-state index contributed by atoms with van der Waals surface area (Å²) in [5.41, 5.74) is 6.68. The van der Waals surface area contributed by atoms with Gasteiger partial charge in [0.1, 0.15) is 5.65 Å². The molecule has 0 saturated carbocycles. The summed E-state index contributed by atoms with van der Waals surface area (Å²) < 4.78 is 2.37. The van der Waals surface area contributed by atoms with Crippen LogP contribution in [0.1, 0.15) is 0 Å². The molecule has 11 rings (SSSR count). The Morgan fingerprint density at radius 2 is 1.00 bits per heavy atom. The van der Waals surface area contributed by atoms with Gasteiger partial charge in [0.15, 0.2) is 0 Å². The van der Waals surface area contributed by atoms with Gasteiger partial charge in [0.25, 0.3) is 0 Å². The van der Waals surface area contributed by atoms with E-state index in [1.54, 1.807) is 0 Å². The third-order valence-corrected chi connectivity index (χ3v) is 15.9. The molecule has 248 valence electrons. The first-order valence-electron chi connectivity index (χ1n) is 18.0. The number of hydrogen-bond donors (Lipinski definition) is 0. The zero-order valence-electron chi connectivity index (χ0n) is 28.6. The van der Waals surface area contributed by atoms with Crippen molar-refractivity contribution in [2.75, 3.05) is 0 Å². The highest BCUT2D eigenvalue weighted by Crippen LogP contribution is 2.44. The fourth-order valence-electron chi connectivity index (χ4n) is 8.37. The van der Waals surface area contributed by atoms with E-state index in [9.17, 15) is 0 Å². The van der Waals surface area contributed by atoms with Crippen LogP contribution in [-0.4, -0.2) is 9.38 Å². The minimum absolute atomic E-state index is 1.000. The first kappa shape index (κ1) is 30.5. The lowest BCUT2D eigenvalue weighted by Crippen LogP contribution is -2.24. The van der Waals surface area contributed by atoms with E-state index in [4.69, 9.17) is 16.8 Å². The molecule has 0 radical (unpaired) electrons. The van der Waals surface area contributed by atoms with Crippen molar-refractivity contribution in [3.05, 3.63) is 188 Å². The fourth-order valence-corrected chi connectivity index (χ4v) is 12.1. The number of benzene rings is 9. The molecule has 0 N–H and O–H groups in total. The predicted molar refractivity (Wildman–Crippen MR) is 232 cm³/mol. The second-order valence-corrected chi connectivity index (χ2v) is 18.3. The molecule has 4 heteroatoms. The highest BCUT2D eigenvalue weighted by atomic mass is 32.4. The molecule has 2 heterocycles. The smallest absolute Gasteiger partial charge is 0.147 e. The molecule has 2 nitrogen and oxygen atoms in total. The minimum atomic E-state index is -2.23. The SMILES string of the molecule is S=P(c1ccccc1)(c1ccccc1)c1ccc2cc(-c3ccc4cc5c6ccc7ccccc7c6c6nc7ccccc7n6c5cc4c3)ccc2c1. The molecule has 9 aromatic carbocycles. The lowest BCUT2D eigenvalue weighted by molar-refractivity contribution is 1.32. The monoisotopic (exact) mass is 710 g/mol. The maximum Gasteiger partial charge on any atom is 0.147 e. The molecule has 53 heavy (non-hydrogen) atoms. The summed E-state index contributed by atoms with van der Waals surface area (Å²) in [6, 6.07) is 66.0. The highest BCUT2D eigenvalue weighted by Gasteiger charge is 2.25. The first-order valence-corrected chi connectivity index (χ1v) is 20.8. The fraction of sp³-hybridized carbons (Fsp3) is 0. The Morgan fingerprint density at radius 3 is 1.77 bits per heavy atom. The molecule has 0 spiro atoms. The number of pyridine rings is 1. The summed E-state index contributed by atoms with van der Waals surface area (Å²) in [5, 5.41) is 14.6. The standard InChI is InChI=1S/C49H31N2PS/c53-52(39-12-3-1-4-13-39,40-14-5-2-6-15-40)41-25-23-35-27-33(19-21-36(35)29-41)34-20-22-37-30-44-43-26-24-32-11-7-8-16-42(32)48(43)49-50-45-17-9-10-18-46(45)51(49)47(44)31-38(37)28-34/h1-31H. The second-order valence-electron chi connectivity index (χ2n) is 13.9. The molecule has 2 aromatic heterocycles. The topological polar surface area (TPSA) is 17.3 Å². The van der Waals surface area contributed by atoms with Crippen LogP contribution in [-0.2, 0) is 11.8 Å². The molecular weight excluding hydrogens is 680 g/mol. The molecule has 0 bridgehead atoms. The number of imidazole rings is 1. The zero-order chi connectivity index (χ0) is 35.1. The van der Waals surface area contributed by atoms with Crippen molar-refractivity contribution < 1.29 is 0 Å². The lowest BCUT2D eigenvalue weighted by Gasteiger charge is -2.24. The van der Waals surface area contributed by atoms with E-state index in [-0.39, 0.29) is 0 Å². The van der Waals surface area contributed by atoms with Crippen LogP contribution in [0.25, 0.3) is 81.8 Å². The summed E-state index contributed by atoms with van der Waals surface area (Å²) in [4.78, 5) is 5.23. The zero-order valence-corrected chi connectivity index (χ0v) is 30.4. The molecule has 0 fully saturated rings. The Morgan fingerprint density at radius 1 is 0.396 bits per heavy atom. The lowest BCUT2D eigenvalue weighted by atomic mass is 9.95. The van der Waals surface area contributed by atoms with Crippen LogP contribution in [0.3, 0.4) is 0 Å². The summed E-state index contributed by atoms with van der Waals surface area (Å²) in [7, 11) is 0. The molecule has 0 amide bonds. The van der Waals surface area contributed by atoms with Crippen molar-refractivity contribution in [1.82, 2.24) is 9.38 Å². The van der Waals surface area contributed by atoms with E-state index in [2.05, 4.69) is 192 Å². The van der Waals surface area contributed by atoms with Gasteiger partial charge in [-0.2, -0.15) is 0 Å². The Hall–Kier alpha value is -6.12. The molecule has 0 atom stereocenters. The molecule has 0 aliphatic carbocycles. The Labute approximate surface area is 311 Å². The Balaban J connectivity index is 1.07. The van der Waals surface area contributed by atoms with Crippen molar-refractivity contribution in [1.29, 1.82) is 0 Å². The van der Waals surface area contributed by atoms with Gasteiger partial charge in [0, 0.05) is 16.8 Å². The van der Waals surface area contributed by atoms with E-state index in [1.165, 1.54) is 81.0 Å². The number of para-hydroxylation sites is 2. The van der Waals surface area contributed by atoms with Gasteiger partial charge in [0.05, 0.1) is 16.6 Å². The Kier molecular flexibility index (Phi) is 6.73. The molecule has 0 aliphatic rings. The van der Waals surface area contributed by atoms with Gasteiger partial charge in [0.2, 0.25) is 0 Å². The van der Waals surface area contributed by atoms with Crippen molar-refractivity contribution in [3.63, 3.8) is 0 Å². The van der Waals surface area contributed by atoms with Gasteiger partial charge in [-0.05, 0) is 107 Å². The largest absolute Gasteiger partial charge is 0.292 e. The maximum atomic E-state index is 6.65. The highest BCUT2D eigenvalue weighted by molar-refractivity contribution is 8.25. The van der Waals surface area contributed by atoms with Crippen LogP contribution in [0, 0.1) is 0 Å². The van der Waals surface area contributed by atoms with E-state index in [0.29, 0.717) is 0 Å². The number of fused-ring (bicyclic) bond motifs is 12. The number of nitrogens with zero attached hydrogens (tertiary/aromatic N) is 2. The maximum absolute atomic E-state index is 6.65. The molecular formula is C49H31N2PS. The van der Waals surface area contributed by atoms with Gasteiger partial charge < -0.3 is 0 Å². The quantitative estimate of drug-likeness (QED) is 0.103. The summed E-state index contributed by atoms with van der Waals surface area (Å²) in [5.74, 6) is 0. The molecule has 0 saturated heterocycles. The second kappa shape index (κ2) is 11.7. The first-order chi connectivity index (χ1) is 26.1. The van der Waals surface area contributed by atoms with E-state index >= 15 is 0 Å². The van der Waals surface area contributed by atoms with Crippen LogP contribution in [0.5, 0.6) is 0 Å². The van der Waals surface area contributed by atoms with Crippen LogP contribution in [0.15, 0.2) is 188 Å². The number of hydrogen-bond acceptors (Lipinski definition) is 2. The van der Waals surface area contributed by atoms with Gasteiger partial charge in [-0.3, -0.25) is 4.40 Å². The van der Waals surface area contributed by atoms with Gasteiger partial charge in [-0.25, -0.2) is 4.98 Å². The van der Waals surface area contributed by atoms with Gasteiger partial charge >= 0.3 is 0 Å². The van der Waals surface area contributed by atoms with Crippen LogP contribution >= 0.6 is 6.04 Å². The average molecular weight is 711 g/mol. The van der Waals surface area contributed by atoms with E-state index in [1.807, 2.05) is 0 Å². The average Bonchev–Trinajstić information content (AvgIpc) is 3.62. The molecule has 0 aliphatic heterocycles. The number of rotatable bonds is 4. The van der Waals surface area contributed by atoms with Gasteiger partial charge in [-0.15, -0.1) is 0 Å². The summed E-state index contributed by atoms with van der Waals surface area (Å²) in [6.07, 6.45) is 0. The van der Waals surface area contributed by atoms with E-state index < -0.39 is 6.04 Å². The van der Waals surface area contributed by atoms with Crippen LogP contribution in [0.4, 0.5) is 0 Å². The minimum Gasteiger partial charge on any atom is -0.292 e. The van der Waals surface area contributed by atoms with Crippen molar-refractivity contribution >= 4 is 104 Å². The summed E-state index contributed by atoms with van der Waals surface area (Å²) in [6.45, 7) is 0. The van der Waals surface area contributed by atoms with E-state index in [0.717, 1.165) is 16.7 Å². The van der Waals surface area contributed by atoms with Crippen LogP contribution in [0.2, 0.25) is 0 Å². The molecule has 0 unspecified atom stereocenters.